The van der Waals surface area contributed by atoms with Crippen LogP contribution >= 0.6 is 11.6 Å². The van der Waals surface area contributed by atoms with E-state index in [1.165, 1.54) is 0 Å². The van der Waals surface area contributed by atoms with Gasteiger partial charge in [0.25, 0.3) is 0 Å². The van der Waals surface area contributed by atoms with Gasteiger partial charge in [0.15, 0.2) is 0 Å². The summed E-state index contributed by atoms with van der Waals surface area (Å²) in [5, 5.41) is 6.01. The number of hydrogen-bond acceptors (Lipinski definition) is 5. The number of halogens is 1. The summed E-state index contributed by atoms with van der Waals surface area (Å²) in [5.41, 5.74) is 5.43. The van der Waals surface area contributed by atoms with Crippen molar-refractivity contribution in [2.75, 3.05) is 17.6 Å². The van der Waals surface area contributed by atoms with Crippen LogP contribution in [-0.4, -0.2) is 28.5 Å². The van der Waals surface area contributed by atoms with Crippen LogP contribution in [0.25, 0.3) is 0 Å². The quantitative estimate of drug-likeness (QED) is 0.686. The smallest absolute Gasteiger partial charge is 0.223 e. The molecule has 0 radical (unpaired) electrons. The predicted molar refractivity (Wildman–Crippen MR) is 67.8 cm³/mol. The average Bonchev–Trinajstić information content (AvgIpc) is 2.14. The van der Waals surface area contributed by atoms with Crippen LogP contribution in [-0.2, 0) is 4.79 Å². The van der Waals surface area contributed by atoms with E-state index in [-0.39, 0.29) is 23.1 Å². The Morgan fingerprint density at radius 2 is 2.24 bits per heavy atom. The Morgan fingerprint density at radius 3 is 2.82 bits per heavy atom. The standard InChI is InChI=1S/C10H16ClN5O/c1-6(2)14-9(17)3-4-13-8-5-7(11)15-10(12)16-8/h5-6H,3-4H2,1-2H3,(H,14,17)(H3,12,13,15,16). The summed E-state index contributed by atoms with van der Waals surface area (Å²) in [4.78, 5) is 19.0. The van der Waals surface area contributed by atoms with Crippen LogP contribution in [0.1, 0.15) is 20.3 Å². The molecule has 1 rings (SSSR count). The lowest BCUT2D eigenvalue weighted by atomic mass is 10.3. The van der Waals surface area contributed by atoms with E-state index in [0.29, 0.717) is 18.8 Å². The van der Waals surface area contributed by atoms with E-state index >= 15 is 0 Å². The number of hydrogen-bond donors (Lipinski definition) is 3. The average molecular weight is 258 g/mol. The molecule has 0 unspecified atom stereocenters. The van der Waals surface area contributed by atoms with Crippen molar-refractivity contribution < 1.29 is 4.79 Å². The number of carbonyl (C=O) groups is 1. The molecule has 0 atom stereocenters. The molecule has 4 N–H and O–H groups in total. The fraction of sp³-hybridized carbons (Fsp3) is 0.500. The molecule has 0 aromatic carbocycles. The molecule has 0 aliphatic heterocycles. The Kier molecular flexibility index (Phi) is 4.96. The second-order valence-corrected chi connectivity index (χ2v) is 4.22. The van der Waals surface area contributed by atoms with Gasteiger partial charge in [-0.05, 0) is 13.8 Å². The summed E-state index contributed by atoms with van der Waals surface area (Å²) in [6, 6.07) is 1.70. The van der Waals surface area contributed by atoms with E-state index < -0.39 is 0 Å². The molecule has 0 aliphatic carbocycles. The summed E-state index contributed by atoms with van der Waals surface area (Å²) in [7, 11) is 0. The van der Waals surface area contributed by atoms with Gasteiger partial charge >= 0.3 is 0 Å². The molecule has 0 aliphatic rings. The number of nitrogens with one attached hydrogen (secondary N) is 2. The first-order valence-electron chi connectivity index (χ1n) is 5.30. The Hall–Kier alpha value is -1.56. The van der Waals surface area contributed by atoms with Crippen molar-refractivity contribution in [3.8, 4) is 0 Å². The highest BCUT2D eigenvalue weighted by Gasteiger charge is 2.04. The molecule has 94 valence electrons. The van der Waals surface area contributed by atoms with Crippen LogP contribution < -0.4 is 16.4 Å². The van der Waals surface area contributed by atoms with Gasteiger partial charge in [0, 0.05) is 25.1 Å². The van der Waals surface area contributed by atoms with Crippen LogP contribution in [0.2, 0.25) is 5.15 Å². The molecule has 1 aromatic heterocycles. The van der Waals surface area contributed by atoms with E-state index in [1.807, 2.05) is 13.8 Å². The minimum Gasteiger partial charge on any atom is -0.369 e. The first-order valence-corrected chi connectivity index (χ1v) is 5.68. The van der Waals surface area contributed by atoms with Gasteiger partial charge in [-0.2, -0.15) is 4.98 Å². The van der Waals surface area contributed by atoms with Crippen molar-refractivity contribution in [3.05, 3.63) is 11.2 Å². The van der Waals surface area contributed by atoms with Gasteiger partial charge in [-0.15, -0.1) is 0 Å². The van der Waals surface area contributed by atoms with Gasteiger partial charge in [-0.3, -0.25) is 4.79 Å². The number of amides is 1. The number of anilines is 2. The summed E-state index contributed by atoms with van der Waals surface area (Å²) in [6.45, 7) is 4.29. The highest BCUT2D eigenvalue weighted by Crippen LogP contribution is 2.12. The third-order valence-corrected chi connectivity index (χ3v) is 2.01. The third kappa shape index (κ3) is 5.35. The van der Waals surface area contributed by atoms with Gasteiger partial charge < -0.3 is 16.4 Å². The SMILES string of the molecule is CC(C)NC(=O)CCNc1cc(Cl)nc(N)n1. The van der Waals surface area contributed by atoms with Crippen LogP contribution in [0, 0.1) is 0 Å². The molecule has 7 heteroatoms. The van der Waals surface area contributed by atoms with E-state index in [0.717, 1.165) is 0 Å². The van der Waals surface area contributed by atoms with E-state index in [1.54, 1.807) is 6.07 Å². The van der Waals surface area contributed by atoms with E-state index in [9.17, 15) is 4.79 Å². The summed E-state index contributed by atoms with van der Waals surface area (Å²) >= 11 is 5.71. The number of rotatable bonds is 5. The summed E-state index contributed by atoms with van der Waals surface area (Å²) in [5.74, 6) is 0.604. The van der Waals surface area contributed by atoms with Crippen LogP contribution in [0.3, 0.4) is 0 Å². The molecule has 1 amide bonds. The zero-order chi connectivity index (χ0) is 12.8. The highest BCUT2D eigenvalue weighted by molar-refractivity contribution is 6.29. The maximum Gasteiger partial charge on any atom is 0.223 e. The molecule has 6 nitrogen and oxygen atoms in total. The third-order valence-electron chi connectivity index (χ3n) is 1.82. The second kappa shape index (κ2) is 6.24. The normalized spacial score (nSPS) is 10.4. The van der Waals surface area contributed by atoms with E-state index in [4.69, 9.17) is 17.3 Å². The summed E-state index contributed by atoms with van der Waals surface area (Å²) in [6.07, 6.45) is 0.361. The topological polar surface area (TPSA) is 92.9 Å². The monoisotopic (exact) mass is 257 g/mol. The van der Waals surface area contributed by atoms with Crippen molar-refractivity contribution in [1.82, 2.24) is 15.3 Å². The number of nitrogens with zero attached hydrogens (tertiary/aromatic N) is 2. The molecule has 1 heterocycles. The number of nitrogen functional groups attached to an aromatic ring is 1. The van der Waals surface area contributed by atoms with Gasteiger partial charge in [0.05, 0.1) is 0 Å². The number of carbonyl (C=O) groups excluding carboxylic acids is 1. The largest absolute Gasteiger partial charge is 0.369 e. The fourth-order valence-corrected chi connectivity index (χ4v) is 1.41. The molecule has 0 fully saturated rings. The van der Waals surface area contributed by atoms with Crippen LogP contribution in [0.15, 0.2) is 6.07 Å². The lowest BCUT2D eigenvalue weighted by Gasteiger charge is -2.09. The Bertz CT molecular complexity index is 376. The van der Waals surface area contributed by atoms with Gasteiger partial charge in [-0.1, -0.05) is 11.6 Å². The minimum absolute atomic E-state index is 0.0133. The molecule has 0 bridgehead atoms. The highest BCUT2D eigenvalue weighted by atomic mass is 35.5. The Labute approximate surface area is 105 Å². The second-order valence-electron chi connectivity index (χ2n) is 3.83. The zero-order valence-corrected chi connectivity index (χ0v) is 10.6. The van der Waals surface area contributed by atoms with Crippen LogP contribution in [0.4, 0.5) is 11.8 Å². The van der Waals surface area contributed by atoms with Gasteiger partial charge in [-0.25, -0.2) is 4.98 Å². The maximum absolute atomic E-state index is 11.3. The van der Waals surface area contributed by atoms with Crippen LogP contribution in [0.5, 0.6) is 0 Å². The maximum atomic E-state index is 11.3. The van der Waals surface area contributed by atoms with Crippen molar-refractivity contribution in [1.29, 1.82) is 0 Å². The van der Waals surface area contributed by atoms with Crippen molar-refractivity contribution in [3.63, 3.8) is 0 Å². The Balaban J connectivity index is 2.38. The lowest BCUT2D eigenvalue weighted by molar-refractivity contribution is -0.121. The first-order chi connectivity index (χ1) is 7.97. The summed E-state index contributed by atoms with van der Waals surface area (Å²) < 4.78 is 0. The van der Waals surface area contributed by atoms with Crippen molar-refractivity contribution in [2.24, 2.45) is 0 Å². The minimum atomic E-state index is -0.0133. The molecule has 0 saturated carbocycles. The molecule has 1 aromatic rings. The molecule has 0 saturated heterocycles. The first kappa shape index (κ1) is 13.5. The predicted octanol–water partition coefficient (Wildman–Crippen LogP) is 1.04. The molecule has 17 heavy (non-hydrogen) atoms. The molecular formula is C10H16ClN5O. The molecular weight excluding hydrogens is 242 g/mol. The number of aromatic nitrogens is 2. The van der Waals surface area contributed by atoms with Gasteiger partial charge in [0.2, 0.25) is 11.9 Å². The van der Waals surface area contributed by atoms with E-state index in [2.05, 4.69) is 20.6 Å². The lowest BCUT2D eigenvalue weighted by Crippen LogP contribution is -2.31. The van der Waals surface area contributed by atoms with Gasteiger partial charge in [0.1, 0.15) is 11.0 Å². The van der Waals surface area contributed by atoms with Crippen molar-refractivity contribution in [2.45, 2.75) is 26.3 Å². The fourth-order valence-electron chi connectivity index (χ4n) is 1.22. The van der Waals surface area contributed by atoms with Crippen molar-refractivity contribution >= 4 is 29.3 Å². The Morgan fingerprint density at radius 1 is 1.53 bits per heavy atom. The zero-order valence-electron chi connectivity index (χ0n) is 9.83. The molecule has 0 spiro atoms. The number of nitrogens with two attached hydrogens (primary N) is 1.